The number of hydrogen-bond donors (Lipinski definition) is 1. The molecule has 0 saturated carbocycles. The fourth-order valence-corrected chi connectivity index (χ4v) is 3.48. The molecule has 2 heterocycles. The minimum absolute atomic E-state index is 0.355. The van der Waals surface area contributed by atoms with Crippen molar-refractivity contribution in [2.75, 3.05) is 36.5 Å². The first kappa shape index (κ1) is 18.4. The molecule has 138 valence electrons. The van der Waals surface area contributed by atoms with Gasteiger partial charge in [0.15, 0.2) is 6.10 Å². The van der Waals surface area contributed by atoms with Gasteiger partial charge in [0, 0.05) is 24.5 Å². The number of carbonyl (C=O) groups is 2. The minimum Gasteiger partial charge on any atom is -0.448 e. The first-order valence-corrected chi connectivity index (χ1v) is 9.41. The summed E-state index contributed by atoms with van der Waals surface area (Å²) in [6.45, 7) is 6.59. The average Bonchev–Trinajstić information content (AvgIpc) is 3.09. The number of nitrogens with one attached hydrogen (secondary N) is 1. The molecule has 7 heteroatoms. The van der Waals surface area contributed by atoms with Crippen LogP contribution in [0.4, 0.5) is 11.4 Å². The van der Waals surface area contributed by atoms with Crippen LogP contribution in [0.3, 0.4) is 0 Å². The molecule has 2 aromatic rings. The predicted octanol–water partition coefficient (Wildman–Crippen LogP) is 3.08. The fraction of sp³-hybridized carbons (Fsp3) is 0.368. The van der Waals surface area contributed by atoms with Gasteiger partial charge in [-0.25, -0.2) is 4.79 Å². The summed E-state index contributed by atoms with van der Waals surface area (Å²) in [5.74, 6) is -0.825. The normalized spacial score (nSPS) is 15.4. The number of ether oxygens (including phenoxy) is 2. The molecule has 1 amide bonds. The van der Waals surface area contributed by atoms with Crippen LogP contribution < -0.4 is 10.2 Å². The smallest absolute Gasteiger partial charge is 0.349 e. The van der Waals surface area contributed by atoms with Crippen LogP contribution in [-0.2, 0) is 14.3 Å². The van der Waals surface area contributed by atoms with Crippen molar-refractivity contribution < 1.29 is 19.1 Å². The van der Waals surface area contributed by atoms with Crippen LogP contribution in [0.2, 0.25) is 0 Å². The number of amides is 1. The number of esters is 1. The third-order valence-electron chi connectivity index (χ3n) is 4.21. The maximum Gasteiger partial charge on any atom is 0.349 e. The summed E-state index contributed by atoms with van der Waals surface area (Å²) in [7, 11) is 0. The van der Waals surface area contributed by atoms with Gasteiger partial charge in [0.25, 0.3) is 5.91 Å². The molecular formula is C19H22N2O4S. The molecule has 0 spiro atoms. The van der Waals surface area contributed by atoms with E-state index in [-0.39, 0.29) is 5.91 Å². The summed E-state index contributed by atoms with van der Waals surface area (Å²) in [5, 5.41) is 4.61. The number of aryl methyl sites for hydroxylation is 1. The van der Waals surface area contributed by atoms with Crippen LogP contribution in [0.1, 0.15) is 22.2 Å². The van der Waals surface area contributed by atoms with Gasteiger partial charge in [-0.3, -0.25) is 4.79 Å². The van der Waals surface area contributed by atoms with Crippen molar-refractivity contribution in [3.63, 3.8) is 0 Å². The minimum atomic E-state index is -0.872. The number of benzene rings is 1. The standard InChI is InChI=1S/C19H22N2O4S/c1-13-7-12-26-17(13)19(23)25-14(2)18(22)20-15-3-5-16(6-4-15)21-8-10-24-11-9-21/h3-7,12,14H,8-11H2,1-2H3,(H,20,22)/t14-/m1/s1. The van der Waals surface area contributed by atoms with E-state index in [0.717, 1.165) is 37.6 Å². The number of nitrogens with zero attached hydrogens (tertiary/aromatic N) is 1. The molecule has 26 heavy (non-hydrogen) atoms. The van der Waals surface area contributed by atoms with Gasteiger partial charge in [-0.1, -0.05) is 0 Å². The third-order valence-corrected chi connectivity index (χ3v) is 5.21. The number of carbonyl (C=O) groups excluding carboxylic acids is 2. The van der Waals surface area contributed by atoms with Crippen LogP contribution in [0, 0.1) is 6.92 Å². The molecule has 0 radical (unpaired) electrons. The molecule has 1 aromatic heterocycles. The van der Waals surface area contributed by atoms with Crippen molar-refractivity contribution >= 4 is 34.6 Å². The monoisotopic (exact) mass is 374 g/mol. The Morgan fingerprint density at radius 1 is 1.19 bits per heavy atom. The highest BCUT2D eigenvalue weighted by Crippen LogP contribution is 2.20. The second-order valence-electron chi connectivity index (χ2n) is 6.12. The van der Waals surface area contributed by atoms with E-state index in [9.17, 15) is 9.59 Å². The van der Waals surface area contributed by atoms with E-state index in [2.05, 4.69) is 10.2 Å². The Morgan fingerprint density at radius 3 is 2.50 bits per heavy atom. The highest BCUT2D eigenvalue weighted by atomic mass is 32.1. The summed E-state index contributed by atoms with van der Waals surface area (Å²) < 4.78 is 10.6. The highest BCUT2D eigenvalue weighted by Gasteiger charge is 2.21. The Balaban J connectivity index is 1.55. The van der Waals surface area contributed by atoms with Crippen molar-refractivity contribution in [1.29, 1.82) is 0 Å². The Kier molecular flexibility index (Phi) is 5.90. The zero-order chi connectivity index (χ0) is 18.5. The van der Waals surface area contributed by atoms with E-state index >= 15 is 0 Å². The summed E-state index contributed by atoms with van der Waals surface area (Å²) in [4.78, 5) is 27.1. The molecule has 1 fully saturated rings. The molecule has 3 rings (SSSR count). The largest absolute Gasteiger partial charge is 0.448 e. The lowest BCUT2D eigenvalue weighted by atomic mass is 10.2. The fourth-order valence-electron chi connectivity index (χ4n) is 2.67. The second-order valence-corrected chi connectivity index (χ2v) is 7.03. The Bertz CT molecular complexity index is 766. The van der Waals surface area contributed by atoms with Crippen molar-refractivity contribution in [3.8, 4) is 0 Å². The Morgan fingerprint density at radius 2 is 1.88 bits per heavy atom. The number of hydrogen-bond acceptors (Lipinski definition) is 6. The molecular weight excluding hydrogens is 352 g/mol. The molecule has 1 saturated heterocycles. The molecule has 1 aliphatic heterocycles. The number of rotatable bonds is 5. The second kappa shape index (κ2) is 8.33. The van der Waals surface area contributed by atoms with Gasteiger partial charge in [-0.05, 0) is 55.1 Å². The maximum absolute atomic E-state index is 12.3. The quantitative estimate of drug-likeness (QED) is 0.815. The van der Waals surface area contributed by atoms with Gasteiger partial charge in [0.2, 0.25) is 0 Å². The molecule has 0 unspecified atom stereocenters. The van der Waals surface area contributed by atoms with Crippen molar-refractivity contribution in [2.45, 2.75) is 20.0 Å². The number of anilines is 2. The SMILES string of the molecule is Cc1ccsc1C(=O)O[C@H](C)C(=O)Nc1ccc(N2CCOCC2)cc1. The Hall–Kier alpha value is -2.38. The maximum atomic E-state index is 12.3. The van der Waals surface area contributed by atoms with E-state index in [1.54, 1.807) is 6.92 Å². The van der Waals surface area contributed by atoms with Gasteiger partial charge >= 0.3 is 5.97 Å². The lowest BCUT2D eigenvalue weighted by molar-refractivity contribution is -0.123. The summed E-state index contributed by atoms with van der Waals surface area (Å²) in [6, 6.07) is 9.47. The first-order chi connectivity index (χ1) is 12.5. The summed E-state index contributed by atoms with van der Waals surface area (Å²) in [5.41, 5.74) is 2.62. The van der Waals surface area contributed by atoms with Crippen molar-refractivity contribution in [3.05, 3.63) is 46.2 Å². The lowest BCUT2D eigenvalue weighted by Crippen LogP contribution is -2.36. The lowest BCUT2D eigenvalue weighted by Gasteiger charge is -2.28. The van der Waals surface area contributed by atoms with Crippen LogP contribution in [0.15, 0.2) is 35.7 Å². The Labute approximate surface area is 156 Å². The van der Waals surface area contributed by atoms with Gasteiger partial charge in [0.05, 0.1) is 13.2 Å². The van der Waals surface area contributed by atoms with Crippen LogP contribution >= 0.6 is 11.3 Å². The molecule has 0 aliphatic carbocycles. The third kappa shape index (κ3) is 4.42. The number of thiophene rings is 1. The molecule has 6 nitrogen and oxygen atoms in total. The molecule has 1 N–H and O–H groups in total. The zero-order valence-electron chi connectivity index (χ0n) is 14.9. The van der Waals surface area contributed by atoms with E-state index in [0.29, 0.717) is 10.6 Å². The molecule has 1 atom stereocenters. The highest BCUT2D eigenvalue weighted by molar-refractivity contribution is 7.12. The van der Waals surface area contributed by atoms with Crippen LogP contribution in [0.5, 0.6) is 0 Å². The van der Waals surface area contributed by atoms with E-state index in [1.165, 1.54) is 11.3 Å². The summed E-state index contributed by atoms with van der Waals surface area (Å²) >= 11 is 1.31. The van der Waals surface area contributed by atoms with Gasteiger partial charge in [0.1, 0.15) is 4.88 Å². The molecule has 1 aromatic carbocycles. The van der Waals surface area contributed by atoms with Crippen molar-refractivity contribution in [2.24, 2.45) is 0 Å². The first-order valence-electron chi connectivity index (χ1n) is 8.53. The number of morpholine rings is 1. The molecule has 1 aliphatic rings. The van der Waals surface area contributed by atoms with Gasteiger partial charge < -0.3 is 19.7 Å². The van der Waals surface area contributed by atoms with Gasteiger partial charge in [-0.2, -0.15) is 0 Å². The zero-order valence-corrected chi connectivity index (χ0v) is 15.7. The molecule has 0 bridgehead atoms. The predicted molar refractivity (Wildman–Crippen MR) is 102 cm³/mol. The average molecular weight is 374 g/mol. The van der Waals surface area contributed by atoms with Gasteiger partial charge in [-0.15, -0.1) is 11.3 Å². The summed E-state index contributed by atoms with van der Waals surface area (Å²) in [6.07, 6.45) is -0.872. The van der Waals surface area contributed by atoms with E-state index < -0.39 is 12.1 Å². The van der Waals surface area contributed by atoms with Crippen LogP contribution in [-0.4, -0.2) is 44.3 Å². The van der Waals surface area contributed by atoms with E-state index in [4.69, 9.17) is 9.47 Å². The topological polar surface area (TPSA) is 67.9 Å². The van der Waals surface area contributed by atoms with Crippen molar-refractivity contribution in [1.82, 2.24) is 0 Å². The van der Waals surface area contributed by atoms with E-state index in [1.807, 2.05) is 42.6 Å². The van der Waals surface area contributed by atoms with Crippen LogP contribution in [0.25, 0.3) is 0 Å².